The molecule has 1 aliphatic rings. The first-order chi connectivity index (χ1) is 13.9. The third-order valence-electron chi connectivity index (χ3n) is 3.88. The van der Waals surface area contributed by atoms with Crippen LogP contribution in [0.25, 0.3) is 6.08 Å². The zero-order valence-electron chi connectivity index (χ0n) is 15.0. The molecule has 29 heavy (non-hydrogen) atoms. The Labute approximate surface area is 173 Å². The number of ether oxygens (including phenoxy) is 1. The number of carbonyl (C=O) groups is 3. The Balaban J connectivity index is 1.47. The van der Waals surface area contributed by atoms with Gasteiger partial charge in [-0.25, -0.2) is 0 Å². The summed E-state index contributed by atoms with van der Waals surface area (Å²) in [4.78, 5) is 38.5. The summed E-state index contributed by atoms with van der Waals surface area (Å²) >= 11 is 2.25. The molecule has 0 spiro atoms. The number of nitrogens with one attached hydrogen (secondary N) is 1. The van der Waals surface area contributed by atoms with Gasteiger partial charge in [-0.1, -0.05) is 18.2 Å². The molecule has 152 valence electrons. The zero-order chi connectivity index (χ0) is 20.8. The average molecular weight is 438 g/mol. The maximum Gasteiger partial charge on any atom is 0.387 e. The maximum absolute atomic E-state index is 12.4. The summed E-state index contributed by atoms with van der Waals surface area (Å²) in [5.41, 5.74) is 0.817. The van der Waals surface area contributed by atoms with Crippen LogP contribution in [0.2, 0.25) is 0 Å². The molecule has 1 N–H and O–H groups in total. The SMILES string of the molecule is O=C(CN1C(=O)S/C(=C\c2cccs2)C1=O)NCCc1ccc(OC(F)F)cc1. The van der Waals surface area contributed by atoms with Crippen LogP contribution in [0.1, 0.15) is 10.4 Å². The molecule has 3 amide bonds. The lowest BCUT2D eigenvalue weighted by Gasteiger charge is -2.12. The Bertz CT molecular complexity index is 915. The molecule has 0 aliphatic carbocycles. The van der Waals surface area contributed by atoms with Crippen molar-refractivity contribution in [1.82, 2.24) is 10.2 Å². The third kappa shape index (κ3) is 5.88. The zero-order valence-corrected chi connectivity index (χ0v) is 16.6. The van der Waals surface area contributed by atoms with E-state index < -0.39 is 23.7 Å². The molecule has 6 nitrogen and oxygen atoms in total. The van der Waals surface area contributed by atoms with Crippen molar-refractivity contribution in [3.63, 3.8) is 0 Å². The highest BCUT2D eigenvalue weighted by molar-refractivity contribution is 8.18. The van der Waals surface area contributed by atoms with E-state index in [0.29, 0.717) is 6.42 Å². The van der Waals surface area contributed by atoms with Crippen LogP contribution in [-0.2, 0) is 16.0 Å². The molecule has 0 atom stereocenters. The summed E-state index contributed by atoms with van der Waals surface area (Å²) in [7, 11) is 0. The van der Waals surface area contributed by atoms with Gasteiger partial charge >= 0.3 is 6.61 Å². The van der Waals surface area contributed by atoms with E-state index >= 15 is 0 Å². The minimum Gasteiger partial charge on any atom is -0.435 e. The molecule has 0 radical (unpaired) electrons. The van der Waals surface area contributed by atoms with Gasteiger partial charge in [0.1, 0.15) is 12.3 Å². The summed E-state index contributed by atoms with van der Waals surface area (Å²) in [5.74, 6) is -0.886. The van der Waals surface area contributed by atoms with Crippen molar-refractivity contribution in [2.75, 3.05) is 13.1 Å². The highest BCUT2D eigenvalue weighted by atomic mass is 32.2. The molecule has 0 bridgehead atoms. The van der Waals surface area contributed by atoms with Gasteiger partial charge in [0, 0.05) is 11.4 Å². The van der Waals surface area contributed by atoms with Crippen LogP contribution in [0.4, 0.5) is 13.6 Å². The second-order valence-corrected chi connectivity index (χ2v) is 7.88. The van der Waals surface area contributed by atoms with Crippen molar-refractivity contribution in [3.05, 3.63) is 57.1 Å². The molecule has 1 fully saturated rings. The number of alkyl halides is 2. The molecule has 1 aliphatic heterocycles. The van der Waals surface area contributed by atoms with E-state index in [1.807, 2.05) is 17.5 Å². The minimum atomic E-state index is -2.88. The lowest BCUT2D eigenvalue weighted by atomic mass is 10.1. The fourth-order valence-electron chi connectivity index (χ4n) is 2.52. The number of hydrogen-bond acceptors (Lipinski definition) is 6. The Hall–Kier alpha value is -2.72. The number of benzene rings is 1. The molecule has 2 aromatic rings. The van der Waals surface area contributed by atoms with Gasteiger partial charge in [0.15, 0.2) is 0 Å². The molecule has 3 rings (SSSR count). The van der Waals surface area contributed by atoms with Crippen LogP contribution in [0, 0.1) is 0 Å². The van der Waals surface area contributed by atoms with Crippen molar-refractivity contribution in [2.45, 2.75) is 13.0 Å². The van der Waals surface area contributed by atoms with Crippen LogP contribution in [-0.4, -0.2) is 41.7 Å². The van der Waals surface area contributed by atoms with Crippen molar-refractivity contribution in [2.24, 2.45) is 0 Å². The number of rotatable bonds is 8. The fraction of sp³-hybridized carbons (Fsp3) is 0.211. The molecule has 0 saturated carbocycles. The van der Waals surface area contributed by atoms with Crippen molar-refractivity contribution in [1.29, 1.82) is 0 Å². The van der Waals surface area contributed by atoms with Crippen molar-refractivity contribution >= 4 is 46.2 Å². The van der Waals surface area contributed by atoms with Crippen molar-refractivity contribution < 1.29 is 27.9 Å². The standard InChI is InChI=1S/C19H16F2N2O4S2/c20-18(21)27-13-5-3-12(4-6-13)7-8-22-16(24)11-23-17(25)15(29-19(23)26)10-14-2-1-9-28-14/h1-6,9-10,18H,7-8,11H2,(H,22,24)/b15-10-. The Morgan fingerprint density at radius 1 is 1.21 bits per heavy atom. The van der Waals surface area contributed by atoms with Gasteiger partial charge in [-0.3, -0.25) is 19.3 Å². The fourth-order valence-corrected chi connectivity index (χ4v) is 4.08. The normalized spacial score (nSPS) is 15.4. The summed E-state index contributed by atoms with van der Waals surface area (Å²) in [6.45, 7) is -2.96. The minimum absolute atomic E-state index is 0.0581. The second kappa shape index (κ2) is 9.66. The van der Waals surface area contributed by atoms with E-state index in [0.717, 1.165) is 27.1 Å². The predicted molar refractivity (Wildman–Crippen MR) is 107 cm³/mol. The van der Waals surface area contributed by atoms with Gasteiger partial charge < -0.3 is 10.1 Å². The van der Waals surface area contributed by atoms with Crippen LogP contribution >= 0.6 is 23.1 Å². The van der Waals surface area contributed by atoms with E-state index in [9.17, 15) is 23.2 Å². The maximum atomic E-state index is 12.4. The van der Waals surface area contributed by atoms with Crippen LogP contribution < -0.4 is 10.1 Å². The quantitative estimate of drug-likeness (QED) is 0.636. The number of hydrogen-bond donors (Lipinski definition) is 1. The molecule has 1 aromatic heterocycles. The summed E-state index contributed by atoms with van der Waals surface area (Å²) < 4.78 is 28.5. The number of amides is 3. The van der Waals surface area contributed by atoms with Gasteiger partial charge in [0.2, 0.25) is 5.91 Å². The second-order valence-electron chi connectivity index (χ2n) is 5.91. The number of carbonyl (C=O) groups excluding carboxylic acids is 3. The Morgan fingerprint density at radius 2 is 1.97 bits per heavy atom. The first-order valence-corrected chi connectivity index (χ1v) is 10.2. The van der Waals surface area contributed by atoms with E-state index in [1.165, 1.54) is 23.5 Å². The number of thiophene rings is 1. The van der Waals surface area contributed by atoms with E-state index in [2.05, 4.69) is 10.1 Å². The molecule has 1 saturated heterocycles. The number of thioether (sulfide) groups is 1. The van der Waals surface area contributed by atoms with E-state index in [-0.39, 0.29) is 23.7 Å². The van der Waals surface area contributed by atoms with Gasteiger partial charge in [-0.2, -0.15) is 8.78 Å². The van der Waals surface area contributed by atoms with Gasteiger partial charge in [-0.15, -0.1) is 11.3 Å². The topological polar surface area (TPSA) is 75.7 Å². The average Bonchev–Trinajstić information content (AvgIpc) is 3.27. The highest BCUT2D eigenvalue weighted by Gasteiger charge is 2.36. The number of nitrogens with zero attached hydrogens (tertiary/aromatic N) is 1. The first-order valence-electron chi connectivity index (χ1n) is 8.51. The third-order valence-corrected chi connectivity index (χ3v) is 5.60. The van der Waals surface area contributed by atoms with Crippen LogP contribution in [0.15, 0.2) is 46.7 Å². The Morgan fingerprint density at radius 3 is 2.62 bits per heavy atom. The largest absolute Gasteiger partial charge is 0.435 e. The lowest BCUT2D eigenvalue weighted by Crippen LogP contribution is -2.40. The lowest BCUT2D eigenvalue weighted by molar-refractivity contribution is -0.129. The first kappa shape index (κ1) is 21.0. The smallest absolute Gasteiger partial charge is 0.387 e. The molecule has 0 unspecified atom stereocenters. The summed E-state index contributed by atoms with van der Waals surface area (Å²) in [5, 5.41) is 4.02. The van der Waals surface area contributed by atoms with Crippen LogP contribution in [0.3, 0.4) is 0 Å². The van der Waals surface area contributed by atoms with Gasteiger partial charge in [0.25, 0.3) is 11.1 Å². The molecule has 1 aromatic carbocycles. The molecular formula is C19H16F2N2O4S2. The van der Waals surface area contributed by atoms with Gasteiger partial charge in [-0.05, 0) is 53.4 Å². The highest BCUT2D eigenvalue weighted by Crippen LogP contribution is 2.32. The predicted octanol–water partition coefficient (Wildman–Crippen LogP) is 3.74. The Kier molecular flexibility index (Phi) is 6.99. The number of halogens is 2. The number of imide groups is 1. The molecular weight excluding hydrogens is 422 g/mol. The van der Waals surface area contributed by atoms with E-state index in [1.54, 1.807) is 18.2 Å². The summed E-state index contributed by atoms with van der Waals surface area (Å²) in [6.07, 6.45) is 2.09. The van der Waals surface area contributed by atoms with Gasteiger partial charge in [0.05, 0.1) is 4.91 Å². The monoisotopic (exact) mass is 438 g/mol. The molecule has 2 heterocycles. The van der Waals surface area contributed by atoms with Crippen molar-refractivity contribution in [3.8, 4) is 5.75 Å². The van der Waals surface area contributed by atoms with Crippen LogP contribution in [0.5, 0.6) is 5.75 Å². The van der Waals surface area contributed by atoms with E-state index in [4.69, 9.17) is 0 Å². The summed E-state index contributed by atoms with van der Waals surface area (Å²) in [6, 6.07) is 9.75. The molecule has 10 heteroatoms.